The van der Waals surface area contributed by atoms with Crippen LogP contribution in [0, 0.1) is 6.92 Å². The molecule has 0 spiro atoms. The number of rotatable bonds is 5. The van der Waals surface area contributed by atoms with Gasteiger partial charge in [-0.2, -0.15) is 5.10 Å². The lowest BCUT2D eigenvalue weighted by atomic mass is 10.0. The number of pyridine rings is 2. The normalized spacial score (nSPS) is 10.6. The van der Waals surface area contributed by atoms with Gasteiger partial charge in [0.2, 0.25) is 5.88 Å². The van der Waals surface area contributed by atoms with Crippen molar-refractivity contribution in [3.05, 3.63) is 78.5 Å². The topological polar surface area (TPSA) is 81.9 Å². The number of carbonyl (C=O) groups excluding carboxylic acids is 1. The second kappa shape index (κ2) is 8.16. The van der Waals surface area contributed by atoms with E-state index in [9.17, 15) is 4.79 Å². The van der Waals surface area contributed by atoms with E-state index in [1.807, 2.05) is 56.6 Å². The Hall–Kier alpha value is -4.00. The van der Waals surface area contributed by atoms with Gasteiger partial charge in [0.05, 0.1) is 6.20 Å². The maximum atomic E-state index is 12.3. The molecule has 0 saturated carbocycles. The molecule has 3 aromatic heterocycles. The summed E-state index contributed by atoms with van der Waals surface area (Å²) in [6.07, 6.45) is 7.07. The highest BCUT2D eigenvalue weighted by atomic mass is 16.5. The minimum Gasteiger partial charge on any atom is -0.438 e. The molecule has 7 heteroatoms. The number of aromatic nitrogens is 4. The second-order valence-electron chi connectivity index (χ2n) is 6.87. The zero-order chi connectivity index (χ0) is 21.1. The Kier molecular flexibility index (Phi) is 5.26. The molecule has 3 heterocycles. The van der Waals surface area contributed by atoms with E-state index in [2.05, 4.69) is 20.4 Å². The summed E-state index contributed by atoms with van der Waals surface area (Å²) in [6.45, 7) is 1.94. The lowest BCUT2D eigenvalue weighted by Crippen LogP contribution is -2.17. The lowest BCUT2D eigenvalue weighted by molar-refractivity contribution is 0.0963. The monoisotopic (exact) mass is 399 g/mol. The van der Waals surface area contributed by atoms with Crippen molar-refractivity contribution in [1.82, 2.24) is 25.1 Å². The fourth-order valence-electron chi connectivity index (χ4n) is 3.19. The van der Waals surface area contributed by atoms with Gasteiger partial charge in [0.15, 0.2) is 0 Å². The third-order valence-corrected chi connectivity index (χ3v) is 4.63. The second-order valence-corrected chi connectivity index (χ2v) is 6.87. The smallest absolute Gasteiger partial charge is 0.251 e. The van der Waals surface area contributed by atoms with Crippen molar-refractivity contribution < 1.29 is 9.53 Å². The van der Waals surface area contributed by atoms with Gasteiger partial charge in [-0.15, -0.1) is 0 Å². The number of amides is 1. The molecule has 1 aromatic carbocycles. The van der Waals surface area contributed by atoms with Gasteiger partial charge in [-0.1, -0.05) is 0 Å². The standard InChI is InChI=1S/C23H21N5O2/c1-15-9-16(6-8-25-15)21-5-4-7-26-23(21)30-20-11-17(19-13-27-28(3)14-19)10-18(12-20)22(29)24-2/h4-14H,1-3H3,(H,24,29). The van der Waals surface area contributed by atoms with Crippen LogP contribution in [0.4, 0.5) is 0 Å². The van der Waals surface area contributed by atoms with Gasteiger partial charge in [-0.25, -0.2) is 4.98 Å². The molecule has 150 valence electrons. The Morgan fingerprint density at radius 3 is 2.63 bits per heavy atom. The van der Waals surface area contributed by atoms with Crippen LogP contribution in [0.25, 0.3) is 22.3 Å². The molecule has 30 heavy (non-hydrogen) atoms. The first kappa shape index (κ1) is 19.3. The fourth-order valence-corrected chi connectivity index (χ4v) is 3.19. The third kappa shape index (κ3) is 4.05. The van der Waals surface area contributed by atoms with E-state index in [1.165, 1.54) is 0 Å². The minimum atomic E-state index is -0.198. The fraction of sp³-hybridized carbons (Fsp3) is 0.130. The van der Waals surface area contributed by atoms with Gasteiger partial charge in [-0.05, 0) is 60.5 Å². The first-order chi connectivity index (χ1) is 14.5. The van der Waals surface area contributed by atoms with Gasteiger partial charge < -0.3 is 10.1 Å². The van der Waals surface area contributed by atoms with Crippen LogP contribution in [0.5, 0.6) is 11.6 Å². The number of nitrogens with zero attached hydrogens (tertiary/aromatic N) is 4. The molecule has 0 radical (unpaired) electrons. The molecule has 0 saturated heterocycles. The van der Waals surface area contributed by atoms with Crippen LogP contribution in [-0.2, 0) is 7.05 Å². The van der Waals surface area contributed by atoms with Gasteiger partial charge >= 0.3 is 0 Å². The number of hydrogen-bond acceptors (Lipinski definition) is 5. The Morgan fingerprint density at radius 2 is 1.90 bits per heavy atom. The quantitative estimate of drug-likeness (QED) is 0.548. The SMILES string of the molecule is CNC(=O)c1cc(Oc2ncccc2-c2ccnc(C)c2)cc(-c2cnn(C)c2)c1. The average molecular weight is 399 g/mol. The Morgan fingerprint density at radius 1 is 1.03 bits per heavy atom. The Labute approximate surface area is 174 Å². The van der Waals surface area contributed by atoms with Gasteiger partial charge in [0, 0.05) is 55.1 Å². The number of ether oxygens (including phenoxy) is 1. The van der Waals surface area contributed by atoms with Crippen molar-refractivity contribution >= 4 is 5.91 Å². The van der Waals surface area contributed by atoms with Crippen molar-refractivity contribution in [2.75, 3.05) is 7.05 Å². The molecule has 0 unspecified atom stereocenters. The summed E-state index contributed by atoms with van der Waals surface area (Å²) < 4.78 is 7.88. The molecule has 0 aliphatic carbocycles. The minimum absolute atomic E-state index is 0.198. The summed E-state index contributed by atoms with van der Waals surface area (Å²) in [5.74, 6) is 0.770. The molecular weight excluding hydrogens is 378 g/mol. The Balaban J connectivity index is 1.77. The van der Waals surface area contributed by atoms with E-state index >= 15 is 0 Å². The van der Waals surface area contributed by atoms with Crippen LogP contribution >= 0.6 is 0 Å². The molecule has 0 aliphatic rings. The van der Waals surface area contributed by atoms with Crippen molar-refractivity contribution in [3.63, 3.8) is 0 Å². The van der Waals surface area contributed by atoms with Crippen molar-refractivity contribution in [2.24, 2.45) is 7.05 Å². The molecular formula is C23H21N5O2. The zero-order valence-electron chi connectivity index (χ0n) is 17.0. The number of aryl methyl sites for hydroxylation is 2. The number of nitrogens with one attached hydrogen (secondary N) is 1. The van der Waals surface area contributed by atoms with Gasteiger partial charge in [0.25, 0.3) is 5.91 Å². The van der Waals surface area contributed by atoms with E-state index in [4.69, 9.17) is 4.74 Å². The van der Waals surface area contributed by atoms with Crippen LogP contribution in [0.15, 0.2) is 67.3 Å². The van der Waals surface area contributed by atoms with Gasteiger partial charge in [-0.3, -0.25) is 14.5 Å². The molecule has 1 amide bonds. The molecule has 1 N–H and O–H groups in total. The summed E-state index contributed by atoms with van der Waals surface area (Å²) in [6, 6.07) is 13.1. The molecule has 0 bridgehead atoms. The Bertz CT molecular complexity index is 1220. The van der Waals surface area contributed by atoms with Crippen molar-refractivity contribution in [3.8, 4) is 33.9 Å². The largest absolute Gasteiger partial charge is 0.438 e. The summed E-state index contributed by atoms with van der Waals surface area (Å²) in [7, 11) is 3.45. The van der Waals surface area contributed by atoms with E-state index < -0.39 is 0 Å². The first-order valence-electron chi connectivity index (χ1n) is 9.45. The van der Waals surface area contributed by atoms with Crippen molar-refractivity contribution in [2.45, 2.75) is 6.92 Å². The number of carbonyl (C=O) groups is 1. The molecule has 4 rings (SSSR count). The van der Waals surface area contributed by atoms with Crippen LogP contribution in [0.3, 0.4) is 0 Å². The predicted molar refractivity (Wildman–Crippen MR) is 114 cm³/mol. The number of benzene rings is 1. The molecule has 0 fully saturated rings. The maximum absolute atomic E-state index is 12.3. The number of hydrogen-bond donors (Lipinski definition) is 1. The van der Waals surface area contributed by atoms with Crippen LogP contribution < -0.4 is 10.1 Å². The molecule has 0 aliphatic heterocycles. The summed E-state index contributed by atoms with van der Waals surface area (Å²) in [5.41, 5.74) is 4.92. The maximum Gasteiger partial charge on any atom is 0.251 e. The molecule has 0 atom stereocenters. The summed E-state index contributed by atoms with van der Waals surface area (Å²) in [4.78, 5) is 21.0. The first-order valence-corrected chi connectivity index (χ1v) is 9.45. The predicted octanol–water partition coefficient (Wildman–Crippen LogP) is 4.00. The lowest BCUT2D eigenvalue weighted by Gasteiger charge is -2.12. The summed E-state index contributed by atoms with van der Waals surface area (Å²) >= 11 is 0. The van der Waals surface area contributed by atoms with E-state index in [1.54, 1.807) is 36.4 Å². The van der Waals surface area contributed by atoms with Crippen LogP contribution in [0.1, 0.15) is 16.1 Å². The van der Waals surface area contributed by atoms with Crippen LogP contribution in [-0.4, -0.2) is 32.7 Å². The van der Waals surface area contributed by atoms with Crippen molar-refractivity contribution in [1.29, 1.82) is 0 Å². The summed E-state index contributed by atoms with van der Waals surface area (Å²) in [5, 5.41) is 6.88. The van der Waals surface area contributed by atoms with E-state index in [-0.39, 0.29) is 5.91 Å². The van der Waals surface area contributed by atoms with Gasteiger partial charge in [0.1, 0.15) is 5.75 Å². The van der Waals surface area contributed by atoms with E-state index in [0.29, 0.717) is 17.2 Å². The van der Waals surface area contributed by atoms with E-state index in [0.717, 1.165) is 27.9 Å². The molecule has 4 aromatic rings. The highest BCUT2D eigenvalue weighted by molar-refractivity contribution is 5.95. The highest BCUT2D eigenvalue weighted by Crippen LogP contribution is 2.34. The zero-order valence-corrected chi connectivity index (χ0v) is 17.0. The third-order valence-electron chi connectivity index (χ3n) is 4.63. The molecule has 7 nitrogen and oxygen atoms in total. The van der Waals surface area contributed by atoms with Crippen LogP contribution in [0.2, 0.25) is 0 Å². The average Bonchev–Trinajstić information content (AvgIpc) is 3.20. The highest BCUT2D eigenvalue weighted by Gasteiger charge is 2.14.